The van der Waals surface area contributed by atoms with Crippen LogP contribution in [0.2, 0.25) is 0 Å². The molecular weight excluding hydrogens is 218 g/mol. The number of benzene rings is 1. The van der Waals surface area contributed by atoms with E-state index in [1.807, 2.05) is 19.1 Å². The van der Waals surface area contributed by atoms with Gasteiger partial charge in [-0.3, -0.25) is 4.79 Å². The number of esters is 1. The van der Waals surface area contributed by atoms with Gasteiger partial charge < -0.3 is 9.47 Å². The molecule has 1 atom stereocenters. The second-order valence-corrected chi connectivity index (χ2v) is 3.51. The molecule has 0 amide bonds. The van der Waals surface area contributed by atoms with Gasteiger partial charge in [0.25, 0.3) is 0 Å². The minimum Gasteiger partial charge on any atom is -0.496 e. The van der Waals surface area contributed by atoms with Crippen LogP contribution in [0.1, 0.15) is 24.0 Å². The second-order valence-electron chi connectivity index (χ2n) is 3.51. The zero-order chi connectivity index (χ0) is 12.8. The van der Waals surface area contributed by atoms with E-state index < -0.39 is 11.9 Å². The van der Waals surface area contributed by atoms with Crippen molar-refractivity contribution >= 4 is 5.97 Å². The average Bonchev–Trinajstić information content (AvgIpc) is 2.38. The number of ether oxygens (including phenoxy) is 2. The van der Waals surface area contributed by atoms with Crippen LogP contribution in [0.25, 0.3) is 0 Å². The van der Waals surface area contributed by atoms with Gasteiger partial charge >= 0.3 is 5.97 Å². The van der Waals surface area contributed by atoms with E-state index in [0.717, 1.165) is 17.7 Å². The summed E-state index contributed by atoms with van der Waals surface area (Å²) in [6.07, 6.45) is 0.774. The molecule has 0 aliphatic carbocycles. The first-order chi connectivity index (χ1) is 8.17. The number of rotatable bonds is 4. The smallest absolute Gasteiger partial charge is 0.327 e. The topological polar surface area (TPSA) is 59.3 Å². The monoisotopic (exact) mass is 233 g/mol. The van der Waals surface area contributed by atoms with Gasteiger partial charge in [0.15, 0.2) is 5.92 Å². The molecule has 0 fully saturated rings. The maximum absolute atomic E-state index is 11.4. The summed E-state index contributed by atoms with van der Waals surface area (Å²) in [5, 5.41) is 8.99. The maximum Gasteiger partial charge on any atom is 0.327 e. The van der Waals surface area contributed by atoms with Gasteiger partial charge in [0.05, 0.1) is 20.3 Å². The van der Waals surface area contributed by atoms with Crippen molar-refractivity contribution in [3.8, 4) is 11.8 Å². The average molecular weight is 233 g/mol. The Bertz CT molecular complexity index is 448. The molecule has 0 saturated heterocycles. The Labute approximate surface area is 101 Å². The number of carbonyl (C=O) groups is 1. The molecule has 17 heavy (non-hydrogen) atoms. The number of hydrogen-bond acceptors (Lipinski definition) is 4. The number of aryl methyl sites for hydroxylation is 1. The second kappa shape index (κ2) is 5.90. The zero-order valence-electron chi connectivity index (χ0n) is 10.2. The fraction of sp³-hybridized carbons (Fsp3) is 0.385. The predicted molar refractivity (Wildman–Crippen MR) is 62.7 cm³/mol. The Hall–Kier alpha value is -2.02. The molecule has 90 valence electrons. The molecular formula is C13H15NO3. The van der Waals surface area contributed by atoms with Crippen LogP contribution in [0.15, 0.2) is 18.2 Å². The molecule has 0 bridgehead atoms. The lowest BCUT2D eigenvalue weighted by atomic mass is 9.97. The van der Waals surface area contributed by atoms with E-state index in [9.17, 15) is 4.79 Å². The molecule has 1 unspecified atom stereocenters. The first-order valence-electron chi connectivity index (χ1n) is 5.32. The molecule has 4 nitrogen and oxygen atoms in total. The Kier molecular flexibility index (Phi) is 4.53. The summed E-state index contributed by atoms with van der Waals surface area (Å²) >= 11 is 0. The highest BCUT2D eigenvalue weighted by molar-refractivity contribution is 5.81. The maximum atomic E-state index is 11.4. The van der Waals surface area contributed by atoms with Crippen LogP contribution < -0.4 is 4.74 Å². The van der Waals surface area contributed by atoms with Crippen LogP contribution in [-0.4, -0.2) is 20.2 Å². The number of hydrogen-bond donors (Lipinski definition) is 0. The molecule has 1 rings (SSSR count). The van der Waals surface area contributed by atoms with Crippen molar-refractivity contribution in [2.45, 2.75) is 19.3 Å². The van der Waals surface area contributed by atoms with Gasteiger partial charge in [-0.1, -0.05) is 19.1 Å². The van der Waals surface area contributed by atoms with Crippen molar-refractivity contribution in [3.63, 3.8) is 0 Å². The van der Waals surface area contributed by atoms with Gasteiger partial charge in [0, 0.05) is 0 Å². The third-order valence-electron chi connectivity index (χ3n) is 2.58. The Balaban J connectivity index is 3.14. The van der Waals surface area contributed by atoms with Gasteiger partial charge in [-0.15, -0.1) is 0 Å². The van der Waals surface area contributed by atoms with E-state index in [4.69, 9.17) is 10.00 Å². The summed E-state index contributed by atoms with van der Waals surface area (Å²) in [6.45, 7) is 1.99. The molecule has 0 aliphatic heterocycles. The standard InChI is InChI=1S/C13H15NO3/c1-4-9-7-10(5-6-12(9)16-2)11(8-14)13(15)17-3/h5-7,11H,4H2,1-3H3. The van der Waals surface area contributed by atoms with Gasteiger partial charge in [0.2, 0.25) is 0 Å². The Morgan fingerprint density at radius 3 is 2.65 bits per heavy atom. The Morgan fingerprint density at radius 2 is 2.18 bits per heavy atom. The third-order valence-corrected chi connectivity index (χ3v) is 2.58. The van der Waals surface area contributed by atoms with E-state index in [-0.39, 0.29) is 0 Å². The molecule has 1 aromatic rings. The first-order valence-corrected chi connectivity index (χ1v) is 5.32. The number of nitrogens with zero attached hydrogens (tertiary/aromatic N) is 1. The van der Waals surface area contributed by atoms with Crippen LogP contribution in [0.5, 0.6) is 5.75 Å². The quantitative estimate of drug-likeness (QED) is 0.747. The molecule has 0 aliphatic rings. The van der Waals surface area contributed by atoms with Crippen molar-refractivity contribution in [1.82, 2.24) is 0 Å². The van der Waals surface area contributed by atoms with Crippen molar-refractivity contribution in [2.24, 2.45) is 0 Å². The van der Waals surface area contributed by atoms with Gasteiger partial charge in [0.1, 0.15) is 5.75 Å². The molecule has 0 radical (unpaired) electrons. The van der Waals surface area contributed by atoms with E-state index in [2.05, 4.69) is 4.74 Å². The SMILES string of the molecule is CCc1cc(C(C#N)C(=O)OC)ccc1OC. The number of carbonyl (C=O) groups excluding carboxylic acids is 1. The molecule has 1 aromatic carbocycles. The van der Waals surface area contributed by atoms with Crippen molar-refractivity contribution in [3.05, 3.63) is 29.3 Å². The normalized spacial score (nSPS) is 11.4. The summed E-state index contributed by atoms with van der Waals surface area (Å²) in [4.78, 5) is 11.4. The zero-order valence-corrected chi connectivity index (χ0v) is 10.2. The van der Waals surface area contributed by atoms with Gasteiger partial charge in [-0.05, 0) is 23.6 Å². The highest BCUT2D eigenvalue weighted by atomic mass is 16.5. The van der Waals surface area contributed by atoms with E-state index in [1.165, 1.54) is 7.11 Å². The van der Waals surface area contributed by atoms with Crippen molar-refractivity contribution in [1.29, 1.82) is 5.26 Å². The van der Waals surface area contributed by atoms with Crippen LogP contribution >= 0.6 is 0 Å². The predicted octanol–water partition coefficient (Wildman–Crippen LogP) is 2.04. The molecule has 0 spiro atoms. The summed E-state index contributed by atoms with van der Waals surface area (Å²) in [5.74, 6) is -0.659. The van der Waals surface area contributed by atoms with Crippen LogP contribution in [-0.2, 0) is 16.0 Å². The summed E-state index contributed by atoms with van der Waals surface area (Å²) in [7, 11) is 2.87. The third kappa shape index (κ3) is 2.76. The lowest BCUT2D eigenvalue weighted by molar-refractivity contribution is -0.140. The van der Waals surface area contributed by atoms with Crippen molar-refractivity contribution < 1.29 is 14.3 Å². The van der Waals surface area contributed by atoms with Crippen LogP contribution in [0, 0.1) is 11.3 Å². The van der Waals surface area contributed by atoms with E-state index in [0.29, 0.717) is 5.56 Å². The molecule has 4 heteroatoms. The number of methoxy groups -OCH3 is 2. The largest absolute Gasteiger partial charge is 0.496 e. The van der Waals surface area contributed by atoms with E-state index >= 15 is 0 Å². The fourth-order valence-corrected chi connectivity index (χ4v) is 1.64. The highest BCUT2D eigenvalue weighted by Crippen LogP contribution is 2.25. The first kappa shape index (κ1) is 13.0. The van der Waals surface area contributed by atoms with Crippen molar-refractivity contribution in [2.75, 3.05) is 14.2 Å². The molecule has 0 heterocycles. The van der Waals surface area contributed by atoms with Gasteiger partial charge in [-0.2, -0.15) is 5.26 Å². The Morgan fingerprint density at radius 1 is 1.47 bits per heavy atom. The van der Waals surface area contributed by atoms with Crippen LogP contribution in [0.4, 0.5) is 0 Å². The summed E-state index contributed by atoms with van der Waals surface area (Å²) in [6, 6.07) is 7.23. The van der Waals surface area contributed by atoms with Gasteiger partial charge in [-0.25, -0.2) is 0 Å². The minimum atomic E-state index is -0.879. The minimum absolute atomic E-state index is 0.542. The molecule has 0 N–H and O–H groups in total. The van der Waals surface area contributed by atoms with Crippen LogP contribution in [0.3, 0.4) is 0 Å². The lowest BCUT2D eigenvalue weighted by Gasteiger charge is -2.11. The van der Waals surface area contributed by atoms with E-state index in [1.54, 1.807) is 19.2 Å². The number of nitriles is 1. The highest BCUT2D eigenvalue weighted by Gasteiger charge is 2.21. The molecule has 0 saturated carbocycles. The molecule has 0 aromatic heterocycles. The lowest BCUT2D eigenvalue weighted by Crippen LogP contribution is -2.12. The summed E-state index contributed by atoms with van der Waals surface area (Å²) in [5.41, 5.74) is 1.60. The summed E-state index contributed by atoms with van der Waals surface area (Å²) < 4.78 is 9.79. The fourth-order valence-electron chi connectivity index (χ4n) is 1.64.